The SMILES string of the molecule is C=CC(=O)N1CCN(C(=O)CN2CCc3ccccc3C2c2ccccc2Cl)CC1. The lowest BCUT2D eigenvalue weighted by molar-refractivity contribution is -0.138. The van der Waals surface area contributed by atoms with Crippen molar-refractivity contribution in [2.24, 2.45) is 0 Å². The molecule has 2 aliphatic heterocycles. The number of carbonyl (C=O) groups is 2. The van der Waals surface area contributed by atoms with Gasteiger partial charge < -0.3 is 9.80 Å². The van der Waals surface area contributed by atoms with Crippen molar-refractivity contribution in [3.05, 3.63) is 82.9 Å². The van der Waals surface area contributed by atoms with Crippen molar-refractivity contribution in [3.8, 4) is 0 Å². The van der Waals surface area contributed by atoms with E-state index in [2.05, 4.69) is 29.7 Å². The molecule has 0 saturated carbocycles. The molecule has 0 bridgehead atoms. The van der Waals surface area contributed by atoms with E-state index in [4.69, 9.17) is 11.6 Å². The normalized spacial score (nSPS) is 19.3. The number of amides is 2. The van der Waals surface area contributed by atoms with Gasteiger partial charge in [0.2, 0.25) is 11.8 Å². The van der Waals surface area contributed by atoms with Crippen LogP contribution in [0.1, 0.15) is 22.7 Å². The second-order valence-corrected chi connectivity index (χ2v) is 8.16. The fraction of sp³-hybridized carbons (Fsp3) is 0.333. The average Bonchev–Trinajstić information content (AvgIpc) is 2.79. The number of halogens is 1. The van der Waals surface area contributed by atoms with Crippen LogP contribution >= 0.6 is 11.6 Å². The Balaban J connectivity index is 1.53. The van der Waals surface area contributed by atoms with Crippen molar-refractivity contribution in [2.45, 2.75) is 12.5 Å². The average molecular weight is 424 g/mol. The fourth-order valence-electron chi connectivity index (χ4n) is 4.43. The second kappa shape index (κ2) is 9.02. The first kappa shape index (κ1) is 20.6. The first-order chi connectivity index (χ1) is 14.6. The summed E-state index contributed by atoms with van der Waals surface area (Å²) in [7, 11) is 0. The van der Waals surface area contributed by atoms with Crippen LogP contribution in [0.5, 0.6) is 0 Å². The Kier molecular flexibility index (Phi) is 6.21. The molecular weight excluding hydrogens is 398 g/mol. The molecule has 0 aliphatic carbocycles. The van der Waals surface area contributed by atoms with Crippen molar-refractivity contribution in [1.82, 2.24) is 14.7 Å². The number of carbonyl (C=O) groups excluding carboxylic acids is 2. The summed E-state index contributed by atoms with van der Waals surface area (Å²) < 4.78 is 0. The predicted molar refractivity (Wildman–Crippen MR) is 118 cm³/mol. The number of hydrogen-bond donors (Lipinski definition) is 0. The maximum Gasteiger partial charge on any atom is 0.246 e. The lowest BCUT2D eigenvalue weighted by atomic mass is 9.88. The number of hydrogen-bond acceptors (Lipinski definition) is 3. The zero-order valence-electron chi connectivity index (χ0n) is 17.0. The molecule has 6 heteroatoms. The molecule has 2 aliphatic rings. The highest BCUT2D eigenvalue weighted by Crippen LogP contribution is 2.38. The van der Waals surface area contributed by atoms with Crippen molar-refractivity contribution in [1.29, 1.82) is 0 Å². The Bertz CT molecular complexity index is 953. The monoisotopic (exact) mass is 423 g/mol. The van der Waals surface area contributed by atoms with Crippen molar-refractivity contribution in [3.63, 3.8) is 0 Å². The summed E-state index contributed by atoms with van der Waals surface area (Å²) in [6.07, 6.45) is 2.24. The zero-order valence-corrected chi connectivity index (χ0v) is 17.7. The van der Waals surface area contributed by atoms with E-state index in [-0.39, 0.29) is 17.9 Å². The first-order valence-electron chi connectivity index (χ1n) is 10.3. The lowest BCUT2D eigenvalue weighted by Crippen LogP contribution is -2.53. The highest BCUT2D eigenvalue weighted by molar-refractivity contribution is 6.31. The van der Waals surface area contributed by atoms with E-state index in [0.717, 1.165) is 18.5 Å². The summed E-state index contributed by atoms with van der Waals surface area (Å²) >= 11 is 6.57. The first-order valence-corrected chi connectivity index (χ1v) is 10.7. The van der Waals surface area contributed by atoms with Gasteiger partial charge in [0.15, 0.2) is 0 Å². The van der Waals surface area contributed by atoms with Gasteiger partial charge in [0.05, 0.1) is 12.6 Å². The van der Waals surface area contributed by atoms with E-state index in [9.17, 15) is 9.59 Å². The van der Waals surface area contributed by atoms with E-state index >= 15 is 0 Å². The van der Waals surface area contributed by atoms with Gasteiger partial charge in [0, 0.05) is 37.7 Å². The molecule has 156 valence electrons. The third-order valence-corrected chi connectivity index (χ3v) is 6.38. The van der Waals surface area contributed by atoms with Crippen LogP contribution in [-0.2, 0) is 16.0 Å². The molecule has 0 spiro atoms. The Labute approximate surface area is 182 Å². The van der Waals surface area contributed by atoms with E-state index in [1.807, 2.05) is 35.2 Å². The Morgan fingerprint density at radius 3 is 2.27 bits per heavy atom. The minimum atomic E-state index is -0.0754. The van der Waals surface area contributed by atoms with Crippen LogP contribution in [0.25, 0.3) is 0 Å². The maximum atomic E-state index is 13.1. The van der Waals surface area contributed by atoms with E-state index in [1.165, 1.54) is 17.2 Å². The minimum Gasteiger partial charge on any atom is -0.338 e. The van der Waals surface area contributed by atoms with Gasteiger partial charge in [-0.05, 0) is 35.3 Å². The minimum absolute atomic E-state index is 0.0452. The molecule has 2 aromatic rings. The number of fused-ring (bicyclic) bond motifs is 1. The largest absolute Gasteiger partial charge is 0.338 e. The summed E-state index contributed by atoms with van der Waals surface area (Å²) in [5, 5.41) is 0.716. The molecule has 0 aromatic heterocycles. The molecule has 5 nitrogen and oxygen atoms in total. The fourth-order valence-corrected chi connectivity index (χ4v) is 4.67. The van der Waals surface area contributed by atoms with Crippen LogP contribution in [0, 0.1) is 0 Å². The van der Waals surface area contributed by atoms with Crippen LogP contribution < -0.4 is 0 Å². The van der Waals surface area contributed by atoms with E-state index < -0.39 is 0 Å². The van der Waals surface area contributed by atoms with Crippen molar-refractivity contribution < 1.29 is 9.59 Å². The van der Waals surface area contributed by atoms with Crippen LogP contribution in [0.15, 0.2) is 61.2 Å². The van der Waals surface area contributed by atoms with Gasteiger partial charge in [-0.3, -0.25) is 14.5 Å². The van der Waals surface area contributed by atoms with Crippen molar-refractivity contribution in [2.75, 3.05) is 39.3 Å². The van der Waals surface area contributed by atoms with E-state index in [0.29, 0.717) is 37.7 Å². The summed E-state index contributed by atoms with van der Waals surface area (Å²) in [6, 6.07) is 16.2. The molecule has 2 heterocycles. The van der Waals surface area contributed by atoms with Crippen LogP contribution in [0.4, 0.5) is 0 Å². The molecule has 0 N–H and O–H groups in total. The van der Waals surface area contributed by atoms with Gasteiger partial charge in [-0.15, -0.1) is 0 Å². The van der Waals surface area contributed by atoms with Crippen molar-refractivity contribution >= 4 is 23.4 Å². The summed E-state index contributed by atoms with van der Waals surface area (Å²) in [4.78, 5) is 30.7. The third-order valence-electron chi connectivity index (χ3n) is 6.04. The van der Waals surface area contributed by atoms with Crippen LogP contribution in [0.3, 0.4) is 0 Å². The topological polar surface area (TPSA) is 43.9 Å². The molecule has 0 radical (unpaired) electrons. The number of nitrogens with zero attached hydrogens (tertiary/aromatic N) is 3. The van der Waals surface area contributed by atoms with Gasteiger partial charge in [-0.25, -0.2) is 0 Å². The molecule has 2 aromatic carbocycles. The Hall–Kier alpha value is -2.63. The Morgan fingerprint density at radius 1 is 0.933 bits per heavy atom. The number of rotatable bonds is 4. The number of benzene rings is 2. The summed E-state index contributed by atoms with van der Waals surface area (Å²) in [5.41, 5.74) is 3.55. The van der Waals surface area contributed by atoms with E-state index in [1.54, 1.807) is 4.90 Å². The predicted octanol–water partition coefficient (Wildman–Crippen LogP) is 3.14. The Morgan fingerprint density at radius 2 is 1.57 bits per heavy atom. The highest BCUT2D eigenvalue weighted by Gasteiger charge is 2.32. The van der Waals surface area contributed by atoms with Gasteiger partial charge in [-0.1, -0.05) is 60.6 Å². The molecule has 30 heavy (non-hydrogen) atoms. The quantitative estimate of drug-likeness (QED) is 0.709. The molecule has 1 fully saturated rings. The molecular formula is C24H26ClN3O2. The van der Waals surface area contributed by atoms with Gasteiger partial charge in [0.1, 0.15) is 0 Å². The molecule has 4 rings (SSSR count). The lowest BCUT2D eigenvalue weighted by Gasteiger charge is -2.40. The molecule has 1 atom stereocenters. The zero-order chi connectivity index (χ0) is 21.1. The highest BCUT2D eigenvalue weighted by atomic mass is 35.5. The van der Waals surface area contributed by atoms with Gasteiger partial charge in [-0.2, -0.15) is 0 Å². The standard InChI is InChI=1S/C24H26ClN3O2/c1-2-22(29)26-13-15-27(16-14-26)23(30)17-28-12-11-18-7-3-4-8-19(18)24(28)20-9-5-6-10-21(20)25/h2-10,24H,1,11-17H2. The number of piperazine rings is 1. The smallest absolute Gasteiger partial charge is 0.246 e. The molecule has 1 unspecified atom stereocenters. The van der Waals surface area contributed by atoms with Gasteiger partial charge in [0.25, 0.3) is 0 Å². The van der Waals surface area contributed by atoms with Gasteiger partial charge >= 0.3 is 0 Å². The maximum absolute atomic E-state index is 13.1. The molecule has 1 saturated heterocycles. The van der Waals surface area contributed by atoms with Crippen LogP contribution in [0.2, 0.25) is 5.02 Å². The summed E-state index contributed by atoms with van der Waals surface area (Å²) in [6.45, 7) is 6.88. The second-order valence-electron chi connectivity index (χ2n) is 7.75. The molecule has 2 amide bonds. The third kappa shape index (κ3) is 4.13. The van der Waals surface area contributed by atoms with Crippen LogP contribution in [-0.4, -0.2) is 65.8 Å². The summed E-state index contributed by atoms with van der Waals surface area (Å²) in [5.74, 6) is 0.0191.